The third kappa shape index (κ3) is 4.96. The molecule has 9 nitrogen and oxygen atoms in total. The van der Waals surface area contributed by atoms with Crippen molar-refractivity contribution < 1.29 is 26.9 Å². The first kappa shape index (κ1) is 21.7. The average Bonchev–Trinajstić information content (AvgIpc) is 2.70. The first-order chi connectivity index (χ1) is 14.2. The van der Waals surface area contributed by atoms with Crippen LogP contribution in [0.1, 0.15) is 0 Å². The number of hydrogen-bond acceptors (Lipinski definition) is 6. The summed E-state index contributed by atoms with van der Waals surface area (Å²) in [4.78, 5) is 23.8. The van der Waals surface area contributed by atoms with E-state index in [-0.39, 0.29) is 49.0 Å². The molecule has 0 spiro atoms. The number of non-ortho nitro benzene ring substituents is 1. The normalized spacial score (nSPS) is 15.7. The maximum Gasteiger partial charge on any atom is 0.270 e. The van der Waals surface area contributed by atoms with Crippen LogP contribution in [-0.4, -0.2) is 61.2 Å². The van der Waals surface area contributed by atoms with Gasteiger partial charge in [-0.25, -0.2) is 17.2 Å². The summed E-state index contributed by atoms with van der Waals surface area (Å²) in [7, 11) is -3.91. The molecule has 1 amide bonds. The molecule has 0 atom stereocenters. The lowest BCUT2D eigenvalue weighted by Gasteiger charge is -2.33. The lowest BCUT2D eigenvalue weighted by atomic mass is 10.3. The molecular formula is C18H18F2N4O5S. The van der Waals surface area contributed by atoms with E-state index in [1.807, 2.05) is 0 Å². The maximum absolute atomic E-state index is 13.6. The van der Waals surface area contributed by atoms with Crippen LogP contribution in [0.15, 0.2) is 47.4 Å². The first-order valence-corrected chi connectivity index (χ1v) is 10.3. The van der Waals surface area contributed by atoms with E-state index in [2.05, 4.69) is 5.32 Å². The van der Waals surface area contributed by atoms with Gasteiger partial charge < -0.3 is 5.32 Å². The Kier molecular flexibility index (Phi) is 6.39. The number of nitrogens with zero attached hydrogens (tertiary/aromatic N) is 3. The van der Waals surface area contributed by atoms with Crippen molar-refractivity contribution in [1.82, 2.24) is 9.21 Å². The van der Waals surface area contributed by atoms with Gasteiger partial charge in [-0.15, -0.1) is 0 Å². The second-order valence-electron chi connectivity index (χ2n) is 6.61. The molecule has 0 saturated carbocycles. The Labute approximate surface area is 171 Å². The van der Waals surface area contributed by atoms with Crippen molar-refractivity contribution in [1.29, 1.82) is 0 Å². The summed E-state index contributed by atoms with van der Waals surface area (Å²) in [6, 6.07) is 7.61. The number of nitro groups is 1. The number of benzene rings is 2. The van der Waals surface area contributed by atoms with Crippen molar-refractivity contribution in [3.63, 3.8) is 0 Å². The van der Waals surface area contributed by atoms with Gasteiger partial charge in [0.15, 0.2) is 0 Å². The van der Waals surface area contributed by atoms with Gasteiger partial charge in [0.2, 0.25) is 15.9 Å². The number of nitrogens with one attached hydrogen (secondary N) is 1. The molecule has 1 fully saturated rings. The van der Waals surface area contributed by atoms with Crippen LogP contribution >= 0.6 is 0 Å². The Morgan fingerprint density at radius 3 is 2.43 bits per heavy atom. The van der Waals surface area contributed by atoms with E-state index in [1.165, 1.54) is 22.5 Å². The van der Waals surface area contributed by atoms with Gasteiger partial charge in [0, 0.05) is 44.4 Å². The Balaban J connectivity index is 1.58. The van der Waals surface area contributed by atoms with Crippen LogP contribution < -0.4 is 5.32 Å². The molecule has 2 aromatic rings. The molecule has 1 aliphatic rings. The van der Waals surface area contributed by atoms with E-state index in [9.17, 15) is 32.1 Å². The van der Waals surface area contributed by atoms with Gasteiger partial charge in [0.05, 0.1) is 22.1 Å². The minimum atomic E-state index is -3.91. The van der Waals surface area contributed by atoms with Gasteiger partial charge >= 0.3 is 0 Å². The highest BCUT2D eigenvalue weighted by Gasteiger charge is 2.30. The predicted octanol–water partition coefficient (Wildman–Crippen LogP) is 1.82. The molecule has 3 rings (SSSR count). The quantitative estimate of drug-likeness (QED) is 0.542. The number of hydrogen-bond donors (Lipinski definition) is 1. The van der Waals surface area contributed by atoms with Gasteiger partial charge in [0.25, 0.3) is 5.69 Å². The number of carbonyl (C=O) groups excluding carboxylic acids is 1. The molecule has 1 aliphatic heterocycles. The summed E-state index contributed by atoms with van der Waals surface area (Å²) in [6.07, 6.45) is 0. The third-order valence-corrected chi connectivity index (χ3v) is 6.46. The van der Waals surface area contributed by atoms with Gasteiger partial charge in [-0.2, -0.15) is 4.31 Å². The fourth-order valence-corrected chi connectivity index (χ4v) is 4.48. The molecule has 30 heavy (non-hydrogen) atoms. The van der Waals surface area contributed by atoms with E-state index in [4.69, 9.17) is 0 Å². The highest BCUT2D eigenvalue weighted by molar-refractivity contribution is 7.89. The first-order valence-electron chi connectivity index (χ1n) is 8.88. The van der Waals surface area contributed by atoms with Crippen LogP contribution in [0.2, 0.25) is 0 Å². The molecule has 2 aromatic carbocycles. The minimum Gasteiger partial charge on any atom is -0.322 e. The van der Waals surface area contributed by atoms with Gasteiger partial charge in [-0.3, -0.25) is 19.8 Å². The number of halogens is 2. The van der Waals surface area contributed by atoms with Crippen LogP contribution in [0.3, 0.4) is 0 Å². The van der Waals surface area contributed by atoms with Crippen LogP contribution in [0.5, 0.6) is 0 Å². The molecule has 0 radical (unpaired) electrons. The Bertz CT molecular complexity index is 1070. The molecule has 1 saturated heterocycles. The zero-order valence-electron chi connectivity index (χ0n) is 15.6. The molecule has 0 bridgehead atoms. The van der Waals surface area contributed by atoms with Crippen molar-refractivity contribution in [2.75, 3.05) is 38.0 Å². The number of amides is 1. The summed E-state index contributed by atoms with van der Waals surface area (Å²) < 4.78 is 53.2. The molecular weight excluding hydrogens is 422 g/mol. The zero-order chi connectivity index (χ0) is 21.9. The van der Waals surface area contributed by atoms with Crippen LogP contribution in [0.25, 0.3) is 0 Å². The number of sulfonamides is 1. The summed E-state index contributed by atoms with van der Waals surface area (Å²) in [5.41, 5.74) is -0.465. The van der Waals surface area contributed by atoms with Gasteiger partial charge in [0.1, 0.15) is 11.6 Å². The predicted molar refractivity (Wildman–Crippen MR) is 103 cm³/mol. The SMILES string of the molecule is O=C(CN1CCN(S(=O)(=O)c2cccc([N+](=O)[O-])c2)CC1)Nc1ccc(F)cc1F. The Hall–Kier alpha value is -2.96. The second-order valence-corrected chi connectivity index (χ2v) is 8.54. The molecule has 0 aliphatic carbocycles. The summed E-state index contributed by atoms with van der Waals surface area (Å²) in [5, 5.41) is 13.2. The lowest BCUT2D eigenvalue weighted by molar-refractivity contribution is -0.385. The topological polar surface area (TPSA) is 113 Å². The molecule has 0 aromatic heterocycles. The lowest BCUT2D eigenvalue weighted by Crippen LogP contribution is -2.50. The number of rotatable bonds is 6. The van der Waals surface area contributed by atoms with E-state index >= 15 is 0 Å². The third-order valence-electron chi connectivity index (χ3n) is 4.57. The van der Waals surface area contributed by atoms with Crippen molar-refractivity contribution in [3.05, 3.63) is 64.2 Å². The fourth-order valence-electron chi connectivity index (χ4n) is 3.02. The zero-order valence-corrected chi connectivity index (χ0v) is 16.4. The maximum atomic E-state index is 13.6. The highest BCUT2D eigenvalue weighted by atomic mass is 32.2. The molecule has 0 unspecified atom stereocenters. The van der Waals surface area contributed by atoms with Crippen molar-refractivity contribution in [2.24, 2.45) is 0 Å². The number of nitro benzene ring substituents is 1. The van der Waals surface area contributed by atoms with Gasteiger partial charge in [-0.05, 0) is 18.2 Å². The van der Waals surface area contributed by atoms with Crippen LogP contribution in [0.4, 0.5) is 20.2 Å². The van der Waals surface area contributed by atoms with E-state index in [0.29, 0.717) is 6.07 Å². The number of anilines is 1. The summed E-state index contributed by atoms with van der Waals surface area (Å²) in [6.45, 7) is 0.564. The molecule has 1 heterocycles. The number of piperazine rings is 1. The highest BCUT2D eigenvalue weighted by Crippen LogP contribution is 2.22. The second kappa shape index (κ2) is 8.81. The standard InChI is InChI=1S/C18H18F2N4O5S/c19-13-4-5-17(16(20)10-13)21-18(25)12-22-6-8-23(9-7-22)30(28,29)15-3-1-2-14(11-15)24(26)27/h1-5,10-11H,6-9,12H2,(H,21,25). The van der Waals surface area contributed by atoms with E-state index in [0.717, 1.165) is 18.2 Å². The average molecular weight is 440 g/mol. The monoisotopic (exact) mass is 440 g/mol. The summed E-state index contributed by atoms with van der Waals surface area (Å²) >= 11 is 0. The van der Waals surface area contributed by atoms with Crippen molar-refractivity contribution in [3.8, 4) is 0 Å². The molecule has 12 heteroatoms. The molecule has 160 valence electrons. The van der Waals surface area contributed by atoms with Crippen molar-refractivity contribution in [2.45, 2.75) is 4.90 Å². The Morgan fingerprint density at radius 2 is 1.80 bits per heavy atom. The van der Waals surface area contributed by atoms with Gasteiger partial charge in [-0.1, -0.05) is 6.07 Å². The van der Waals surface area contributed by atoms with E-state index < -0.39 is 32.5 Å². The smallest absolute Gasteiger partial charge is 0.270 e. The summed E-state index contributed by atoms with van der Waals surface area (Å²) in [5.74, 6) is -2.17. The number of carbonyl (C=O) groups is 1. The largest absolute Gasteiger partial charge is 0.322 e. The van der Waals surface area contributed by atoms with E-state index in [1.54, 1.807) is 4.90 Å². The minimum absolute atomic E-state index is 0.0865. The molecule has 1 N–H and O–H groups in total. The van der Waals surface area contributed by atoms with Crippen LogP contribution in [0, 0.1) is 21.7 Å². The fraction of sp³-hybridized carbons (Fsp3) is 0.278. The van der Waals surface area contributed by atoms with Crippen LogP contribution in [-0.2, 0) is 14.8 Å². The van der Waals surface area contributed by atoms with Crippen molar-refractivity contribution >= 4 is 27.3 Å². The Morgan fingerprint density at radius 1 is 1.10 bits per heavy atom.